The summed E-state index contributed by atoms with van der Waals surface area (Å²) in [7, 11) is 0. The first-order valence-electron chi connectivity index (χ1n) is 14.0. The van der Waals surface area contributed by atoms with Gasteiger partial charge in [0.05, 0.1) is 0 Å². The lowest BCUT2D eigenvalue weighted by molar-refractivity contribution is 1.34. The van der Waals surface area contributed by atoms with Gasteiger partial charge < -0.3 is 0 Å². The molecule has 0 spiro atoms. The van der Waals surface area contributed by atoms with Crippen LogP contribution >= 0.6 is 0 Å². The van der Waals surface area contributed by atoms with E-state index in [0.29, 0.717) is 0 Å². The first-order chi connectivity index (χ1) is 19.4. The molecule has 0 saturated heterocycles. The Morgan fingerprint density at radius 2 is 0.525 bits per heavy atom. The van der Waals surface area contributed by atoms with Gasteiger partial charge in [0.1, 0.15) is 0 Å². The SMILES string of the molecule is Cc1ccc(-c2cc(-c3cc(-c4ccccc4)cc(-c4ccccc4)c3)cc(-c3ccc(C)c(C)c3)c2)cc1C. The van der Waals surface area contributed by atoms with Gasteiger partial charge in [-0.15, -0.1) is 0 Å². The van der Waals surface area contributed by atoms with Crippen molar-refractivity contribution < 1.29 is 0 Å². The van der Waals surface area contributed by atoms with E-state index in [2.05, 4.69) is 161 Å². The Kier molecular flexibility index (Phi) is 6.93. The number of rotatable bonds is 5. The van der Waals surface area contributed by atoms with E-state index in [1.54, 1.807) is 0 Å². The molecule has 0 saturated carbocycles. The minimum Gasteiger partial charge on any atom is -0.0622 e. The molecule has 0 N–H and O–H groups in total. The van der Waals surface area contributed by atoms with E-state index in [-0.39, 0.29) is 0 Å². The summed E-state index contributed by atoms with van der Waals surface area (Å²) in [6.45, 7) is 8.75. The number of hydrogen-bond donors (Lipinski definition) is 0. The zero-order valence-corrected chi connectivity index (χ0v) is 23.7. The highest BCUT2D eigenvalue weighted by atomic mass is 14.2. The van der Waals surface area contributed by atoms with E-state index in [9.17, 15) is 0 Å². The van der Waals surface area contributed by atoms with Gasteiger partial charge in [-0.05, 0) is 142 Å². The lowest BCUT2D eigenvalue weighted by atomic mass is 9.89. The lowest BCUT2D eigenvalue weighted by Crippen LogP contribution is -1.90. The minimum absolute atomic E-state index is 1.22. The average Bonchev–Trinajstić information content (AvgIpc) is 3.00. The quantitative estimate of drug-likeness (QED) is 0.215. The van der Waals surface area contributed by atoms with Gasteiger partial charge in [0, 0.05) is 0 Å². The van der Waals surface area contributed by atoms with Gasteiger partial charge in [0.2, 0.25) is 0 Å². The van der Waals surface area contributed by atoms with Crippen molar-refractivity contribution in [1.29, 1.82) is 0 Å². The van der Waals surface area contributed by atoms with Gasteiger partial charge in [-0.25, -0.2) is 0 Å². The third kappa shape index (κ3) is 5.26. The van der Waals surface area contributed by atoms with Gasteiger partial charge in [-0.1, -0.05) is 97.1 Å². The molecule has 0 heteroatoms. The second-order valence-electron chi connectivity index (χ2n) is 10.9. The van der Waals surface area contributed by atoms with E-state index in [4.69, 9.17) is 0 Å². The zero-order chi connectivity index (χ0) is 27.6. The maximum Gasteiger partial charge on any atom is -0.0171 e. The Morgan fingerprint density at radius 1 is 0.225 bits per heavy atom. The van der Waals surface area contributed by atoms with E-state index in [0.717, 1.165) is 0 Å². The molecule has 0 aromatic heterocycles. The highest BCUT2D eigenvalue weighted by Gasteiger charge is 2.12. The van der Waals surface area contributed by atoms with Crippen molar-refractivity contribution in [2.24, 2.45) is 0 Å². The summed E-state index contributed by atoms with van der Waals surface area (Å²) >= 11 is 0. The van der Waals surface area contributed by atoms with Crippen LogP contribution in [0.2, 0.25) is 0 Å². The molecule has 0 fully saturated rings. The summed E-state index contributed by atoms with van der Waals surface area (Å²) in [5.74, 6) is 0. The maximum atomic E-state index is 2.35. The Hall–Kier alpha value is -4.68. The topological polar surface area (TPSA) is 0 Å². The van der Waals surface area contributed by atoms with E-state index in [1.807, 2.05) is 0 Å². The highest BCUT2D eigenvalue weighted by molar-refractivity contribution is 5.86. The Labute approximate surface area is 238 Å². The third-order valence-electron chi connectivity index (χ3n) is 8.09. The zero-order valence-electron chi connectivity index (χ0n) is 23.7. The van der Waals surface area contributed by atoms with Crippen LogP contribution in [0.15, 0.2) is 133 Å². The molecule has 6 rings (SSSR count). The molecule has 40 heavy (non-hydrogen) atoms. The molecule has 6 aromatic rings. The predicted molar refractivity (Wildman–Crippen MR) is 173 cm³/mol. The first kappa shape index (κ1) is 25.6. The van der Waals surface area contributed by atoms with E-state index in [1.165, 1.54) is 77.9 Å². The molecular formula is C40H34. The number of aryl methyl sites for hydroxylation is 4. The Bertz CT molecular complexity index is 1680. The molecule has 0 bridgehead atoms. The van der Waals surface area contributed by atoms with E-state index >= 15 is 0 Å². The molecule has 0 atom stereocenters. The largest absolute Gasteiger partial charge is 0.0622 e. The Balaban J connectivity index is 1.59. The van der Waals surface area contributed by atoms with Crippen molar-refractivity contribution in [3.05, 3.63) is 156 Å². The van der Waals surface area contributed by atoms with Crippen molar-refractivity contribution in [2.45, 2.75) is 27.7 Å². The molecule has 0 radical (unpaired) electrons. The van der Waals surface area contributed by atoms with Crippen LogP contribution in [-0.2, 0) is 0 Å². The smallest absolute Gasteiger partial charge is 0.0171 e. The monoisotopic (exact) mass is 514 g/mol. The van der Waals surface area contributed by atoms with E-state index < -0.39 is 0 Å². The second-order valence-corrected chi connectivity index (χ2v) is 10.9. The first-order valence-corrected chi connectivity index (χ1v) is 14.0. The third-order valence-corrected chi connectivity index (χ3v) is 8.09. The molecule has 194 valence electrons. The number of benzene rings is 6. The maximum absolute atomic E-state index is 2.35. The lowest BCUT2D eigenvalue weighted by Gasteiger charge is -2.15. The molecular weight excluding hydrogens is 480 g/mol. The molecule has 0 unspecified atom stereocenters. The summed E-state index contributed by atoms with van der Waals surface area (Å²) in [5.41, 5.74) is 17.6. The van der Waals surface area contributed by atoms with Crippen molar-refractivity contribution in [1.82, 2.24) is 0 Å². The van der Waals surface area contributed by atoms with Crippen molar-refractivity contribution in [2.75, 3.05) is 0 Å². The Morgan fingerprint density at radius 3 is 0.850 bits per heavy atom. The van der Waals surface area contributed by atoms with Crippen molar-refractivity contribution in [3.8, 4) is 55.6 Å². The van der Waals surface area contributed by atoms with Crippen molar-refractivity contribution in [3.63, 3.8) is 0 Å². The van der Waals surface area contributed by atoms with Crippen LogP contribution in [0.25, 0.3) is 55.6 Å². The second kappa shape index (κ2) is 10.8. The summed E-state index contributed by atoms with van der Waals surface area (Å²) in [4.78, 5) is 0. The summed E-state index contributed by atoms with van der Waals surface area (Å²) < 4.78 is 0. The summed E-state index contributed by atoms with van der Waals surface area (Å²) in [6, 6.07) is 49.0. The molecule has 0 aliphatic heterocycles. The average molecular weight is 515 g/mol. The highest BCUT2D eigenvalue weighted by Crippen LogP contribution is 2.37. The normalized spacial score (nSPS) is 11.0. The molecule has 0 amide bonds. The van der Waals surface area contributed by atoms with Crippen LogP contribution in [0.5, 0.6) is 0 Å². The molecule has 0 heterocycles. The van der Waals surface area contributed by atoms with Crippen LogP contribution in [-0.4, -0.2) is 0 Å². The fourth-order valence-electron chi connectivity index (χ4n) is 5.36. The fourth-order valence-corrected chi connectivity index (χ4v) is 5.36. The van der Waals surface area contributed by atoms with Crippen molar-refractivity contribution >= 4 is 0 Å². The summed E-state index contributed by atoms with van der Waals surface area (Å²) in [5, 5.41) is 0. The molecule has 0 aliphatic carbocycles. The van der Waals surface area contributed by atoms with Crippen LogP contribution < -0.4 is 0 Å². The van der Waals surface area contributed by atoms with Gasteiger partial charge in [-0.2, -0.15) is 0 Å². The summed E-state index contributed by atoms with van der Waals surface area (Å²) in [6.07, 6.45) is 0. The van der Waals surface area contributed by atoms with Gasteiger partial charge in [0.15, 0.2) is 0 Å². The molecule has 0 nitrogen and oxygen atoms in total. The van der Waals surface area contributed by atoms with Crippen LogP contribution in [0.4, 0.5) is 0 Å². The number of hydrogen-bond acceptors (Lipinski definition) is 0. The van der Waals surface area contributed by atoms with Gasteiger partial charge in [-0.3, -0.25) is 0 Å². The molecule has 0 aliphatic rings. The fraction of sp³-hybridized carbons (Fsp3) is 0.100. The minimum atomic E-state index is 1.22. The van der Waals surface area contributed by atoms with Crippen LogP contribution in [0.3, 0.4) is 0 Å². The molecule has 6 aromatic carbocycles. The van der Waals surface area contributed by atoms with Crippen LogP contribution in [0.1, 0.15) is 22.3 Å². The van der Waals surface area contributed by atoms with Gasteiger partial charge >= 0.3 is 0 Å². The predicted octanol–water partition coefficient (Wildman–Crippen LogP) is 11.3. The van der Waals surface area contributed by atoms with Gasteiger partial charge in [0.25, 0.3) is 0 Å². The van der Waals surface area contributed by atoms with Crippen LogP contribution in [0, 0.1) is 27.7 Å². The standard InChI is InChI=1S/C40H34/c1-27-15-17-33(19-29(27)3)37-24-38(34-18-16-28(2)30(4)20-34)26-40(25-37)39-22-35(31-11-7-5-8-12-31)21-36(23-39)32-13-9-6-10-14-32/h5-26H,1-4H3.